The van der Waals surface area contributed by atoms with Gasteiger partial charge in [0.15, 0.2) is 5.75 Å². The first kappa shape index (κ1) is 7.79. The van der Waals surface area contributed by atoms with E-state index < -0.39 is 5.97 Å². The lowest BCUT2D eigenvalue weighted by Gasteiger charge is -2.11. The second-order valence-corrected chi connectivity index (χ2v) is 2.67. The average molecular weight is 177 g/mol. The lowest BCUT2D eigenvalue weighted by atomic mass is 10.0. The number of carboxylic acid groups (broad SMARTS) is 1. The molecular formula is C9H7NO3. The van der Waals surface area contributed by atoms with Gasteiger partial charge in [-0.2, -0.15) is 0 Å². The van der Waals surface area contributed by atoms with E-state index in [4.69, 9.17) is 9.94 Å². The Bertz CT molecular complexity index is 384. The molecule has 0 unspecified atom stereocenters. The van der Waals surface area contributed by atoms with Crippen molar-refractivity contribution in [2.24, 2.45) is 5.16 Å². The summed E-state index contributed by atoms with van der Waals surface area (Å²) in [4.78, 5) is 15.7. The van der Waals surface area contributed by atoms with Crippen molar-refractivity contribution in [1.29, 1.82) is 0 Å². The third kappa shape index (κ3) is 1.26. The Morgan fingerprint density at radius 3 is 3.15 bits per heavy atom. The third-order valence-corrected chi connectivity index (χ3v) is 1.88. The number of hydrogen-bond acceptors (Lipinski definition) is 3. The topological polar surface area (TPSA) is 58.9 Å². The van der Waals surface area contributed by atoms with Gasteiger partial charge in [-0.1, -0.05) is 11.2 Å². The molecule has 0 saturated heterocycles. The number of carboxylic acids is 1. The van der Waals surface area contributed by atoms with E-state index >= 15 is 0 Å². The molecule has 2 rings (SSSR count). The highest BCUT2D eigenvalue weighted by Crippen LogP contribution is 2.25. The largest absolute Gasteiger partial charge is 0.478 e. The molecule has 0 aromatic heterocycles. The van der Waals surface area contributed by atoms with Crippen molar-refractivity contribution in [3.63, 3.8) is 0 Å². The van der Waals surface area contributed by atoms with E-state index in [1.165, 1.54) is 0 Å². The van der Waals surface area contributed by atoms with Gasteiger partial charge >= 0.3 is 5.97 Å². The van der Waals surface area contributed by atoms with Crippen molar-refractivity contribution >= 4 is 12.2 Å². The molecule has 1 heterocycles. The summed E-state index contributed by atoms with van der Waals surface area (Å²) in [6, 6.07) is 4.91. The smallest absolute Gasteiger partial charge is 0.336 e. The van der Waals surface area contributed by atoms with Crippen LogP contribution in [-0.4, -0.2) is 17.3 Å². The van der Waals surface area contributed by atoms with Crippen LogP contribution in [0.3, 0.4) is 0 Å². The first-order valence-electron chi connectivity index (χ1n) is 3.83. The van der Waals surface area contributed by atoms with Gasteiger partial charge in [0, 0.05) is 18.2 Å². The maximum atomic E-state index is 10.8. The molecule has 1 N–H and O–H groups in total. The summed E-state index contributed by atoms with van der Waals surface area (Å²) in [5, 5.41) is 12.4. The molecule has 0 fully saturated rings. The third-order valence-electron chi connectivity index (χ3n) is 1.88. The maximum absolute atomic E-state index is 10.8. The van der Waals surface area contributed by atoms with E-state index in [-0.39, 0.29) is 5.56 Å². The first-order valence-corrected chi connectivity index (χ1v) is 3.83. The van der Waals surface area contributed by atoms with Gasteiger partial charge in [-0.25, -0.2) is 4.79 Å². The summed E-state index contributed by atoms with van der Waals surface area (Å²) in [5.41, 5.74) is 0.966. The van der Waals surface area contributed by atoms with Gasteiger partial charge in [0.2, 0.25) is 0 Å². The highest BCUT2D eigenvalue weighted by molar-refractivity contribution is 5.91. The number of benzene rings is 1. The van der Waals surface area contributed by atoms with Gasteiger partial charge < -0.3 is 9.94 Å². The average Bonchev–Trinajstić information content (AvgIpc) is 2.17. The van der Waals surface area contributed by atoms with Crippen LogP contribution < -0.4 is 4.84 Å². The second-order valence-electron chi connectivity index (χ2n) is 2.67. The normalized spacial score (nSPS) is 13.2. The Morgan fingerprint density at radius 2 is 2.38 bits per heavy atom. The lowest BCUT2D eigenvalue weighted by Crippen LogP contribution is -2.08. The number of nitrogens with zero attached hydrogens (tertiary/aromatic N) is 1. The zero-order chi connectivity index (χ0) is 9.26. The van der Waals surface area contributed by atoms with Crippen LogP contribution in [0.25, 0.3) is 0 Å². The summed E-state index contributed by atoms with van der Waals surface area (Å²) < 4.78 is 0. The van der Waals surface area contributed by atoms with Crippen molar-refractivity contribution in [1.82, 2.24) is 0 Å². The zero-order valence-corrected chi connectivity index (χ0v) is 6.73. The van der Waals surface area contributed by atoms with Crippen molar-refractivity contribution < 1.29 is 14.7 Å². The van der Waals surface area contributed by atoms with Crippen molar-refractivity contribution in [2.75, 3.05) is 0 Å². The van der Waals surface area contributed by atoms with Crippen LogP contribution in [0.15, 0.2) is 23.4 Å². The Morgan fingerprint density at radius 1 is 1.54 bits per heavy atom. The van der Waals surface area contributed by atoms with Crippen LogP contribution in [0.1, 0.15) is 15.9 Å². The van der Waals surface area contributed by atoms with Crippen LogP contribution in [-0.2, 0) is 6.42 Å². The van der Waals surface area contributed by atoms with Crippen LogP contribution >= 0.6 is 0 Å². The molecule has 0 atom stereocenters. The van der Waals surface area contributed by atoms with Crippen LogP contribution in [0.5, 0.6) is 5.75 Å². The Kier molecular flexibility index (Phi) is 1.73. The van der Waals surface area contributed by atoms with Gasteiger partial charge in [0.1, 0.15) is 0 Å². The van der Waals surface area contributed by atoms with Gasteiger partial charge in [0.05, 0.1) is 5.56 Å². The van der Waals surface area contributed by atoms with Gasteiger partial charge in [-0.05, 0) is 12.1 Å². The van der Waals surface area contributed by atoms with E-state index in [1.807, 2.05) is 0 Å². The van der Waals surface area contributed by atoms with E-state index in [9.17, 15) is 4.79 Å². The molecule has 1 aliphatic rings. The predicted molar refractivity (Wildman–Crippen MR) is 46.2 cm³/mol. The predicted octanol–water partition coefficient (Wildman–Crippen LogP) is 1.31. The van der Waals surface area contributed by atoms with E-state index in [1.54, 1.807) is 24.4 Å². The minimum Gasteiger partial charge on any atom is -0.478 e. The van der Waals surface area contributed by atoms with Crippen LogP contribution in [0, 0.1) is 0 Å². The van der Waals surface area contributed by atoms with E-state index in [0.29, 0.717) is 17.7 Å². The van der Waals surface area contributed by atoms with Crippen molar-refractivity contribution in [3.05, 3.63) is 29.3 Å². The highest BCUT2D eigenvalue weighted by atomic mass is 16.6. The molecule has 1 aromatic rings. The molecule has 0 spiro atoms. The number of aromatic carboxylic acids is 1. The van der Waals surface area contributed by atoms with Gasteiger partial charge in [-0.3, -0.25) is 0 Å². The quantitative estimate of drug-likeness (QED) is 0.703. The summed E-state index contributed by atoms with van der Waals surface area (Å²) in [5.74, 6) is -0.404. The zero-order valence-electron chi connectivity index (χ0n) is 6.73. The standard InChI is InChI=1S/C9H7NO3/c11-9(12)7-2-1-3-8-6(7)4-5-10-13-8/h1-3,5H,4H2,(H,11,12). The van der Waals surface area contributed by atoms with E-state index in [0.717, 1.165) is 0 Å². The number of fused-ring (bicyclic) bond motifs is 1. The first-order chi connectivity index (χ1) is 6.29. The molecule has 1 aliphatic heterocycles. The number of rotatable bonds is 1. The molecule has 0 amide bonds. The van der Waals surface area contributed by atoms with Gasteiger partial charge in [-0.15, -0.1) is 0 Å². The Balaban J connectivity index is 2.55. The number of hydrogen-bond donors (Lipinski definition) is 1. The minimum absolute atomic E-state index is 0.281. The minimum atomic E-state index is -0.934. The molecular weight excluding hydrogens is 170 g/mol. The lowest BCUT2D eigenvalue weighted by molar-refractivity contribution is 0.0695. The molecule has 1 aromatic carbocycles. The Hall–Kier alpha value is -1.84. The molecule has 13 heavy (non-hydrogen) atoms. The SMILES string of the molecule is O=C(O)c1cccc2c1CC=NO2. The van der Waals surface area contributed by atoms with Crippen molar-refractivity contribution in [2.45, 2.75) is 6.42 Å². The summed E-state index contributed by atoms with van der Waals surface area (Å²) >= 11 is 0. The Labute approximate surface area is 74.4 Å². The molecule has 0 radical (unpaired) electrons. The number of oxime groups is 1. The fourth-order valence-electron chi connectivity index (χ4n) is 1.28. The maximum Gasteiger partial charge on any atom is 0.336 e. The summed E-state index contributed by atoms with van der Waals surface area (Å²) in [7, 11) is 0. The van der Waals surface area contributed by atoms with Gasteiger partial charge in [0.25, 0.3) is 0 Å². The molecule has 4 heteroatoms. The molecule has 66 valence electrons. The molecule has 0 aliphatic carbocycles. The monoisotopic (exact) mass is 177 g/mol. The van der Waals surface area contributed by atoms with Crippen LogP contribution in [0.4, 0.5) is 0 Å². The summed E-state index contributed by atoms with van der Waals surface area (Å²) in [6.07, 6.45) is 2.06. The fourth-order valence-corrected chi connectivity index (χ4v) is 1.28. The molecule has 4 nitrogen and oxygen atoms in total. The number of carbonyl (C=O) groups is 1. The second kappa shape index (κ2) is 2.90. The fraction of sp³-hybridized carbons (Fsp3) is 0.111. The van der Waals surface area contributed by atoms with E-state index in [2.05, 4.69) is 5.16 Å². The summed E-state index contributed by atoms with van der Waals surface area (Å²) in [6.45, 7) is 0. The van der Waals surface area contributed by atoms with Crippen LogP contribution in [0.2, 0.25) is 0 Å². The van der Waals surface area contributed by atoms with Crippen molar-refractivity contribution in [3.8, 4) is 5.75 Å². The molecule has 0 bridgehead atoms. The highest BCUT2D eigenvalue weighted by Gasteiger charge is 2.16. The molecule has 0 saturated carbocycles.